The second kappa shape index (κ2) is 3.11. The maximum Gasteiger partial charge on any atom is 0.0681 e. The molecule has 2 nitrogen and oxygen atoms in total. The number of fused-ring (bicyclic) bond motifs is 1. The predicted molar refractivity (Wildman–Crippen MR) is 43.9 cm³/mol. The van der Waals surface area contributed by atoms with Crippen LogP contribution in [0.3, 0.4) is 0 Å². The van der Waals surface area contributed by atoms with Crippen molar-refractivity contribution < 1.29 is 0 Å². The van der Waals surface area contributed by atoms with Gasteiger partial charge in [0.2, 0.25) is 0 Å². The molecule has 2 heterocycles. The Hall–Kier alpha value is 0.270. The summed E-state index contributed by atoms with van der Waals surface area (Å²) >= 11 is 1.85. The highest BCUT2D eigenvalue weighted by molar-refractivity contribution is 8.01. The first-order chi connectivity index (χ1) is 4.97. The molecule has 2 aliphatic rings. The molecule has 0 aromatic rings. The number of rotatable bonds is 0. The van der Waals surface area contributed by atoms with Gasteiger partial charge in [-0.15, -0.1) is 11.8 Å². The highest BCUT2D eigenvalue weighted by Gasteiger charge is 2.25. The second-order valence-corrected chi connectivity index (χ2v) is 3.65. The van der Waals surface area contributed by atoms with Crippen LogP contribution in [0.25, 0.3) is 0 Å². The summed E-state index contributed by atoms with van der Waals surface area (Å²) in [5.41, 5.74) is 0. The minimum atomic E-state index is 0.590. The van der Waals surface area contributed by atoms with E-state index < -0.39 is 0 Å². The van der Waals surface area contributed by atoms with Gasteiger partial charge in [-0.25, -0.2) is 0 Å². The van der Waals surface area contributed by atoms with E-state index in [-0.39, 0.29) is 0 Å². The van der Waals surface area contributed by atoms with Gasteiger partial charge in [0.05, 0.1) is 5.75 Å². The molecule has 1 N–H and O–H groups in total. The first kappa shape index (κ1) is 6.95. The lowest BCUT2D eigenvalue weighted by Crippen LogP contribution is -2.53. The Kier molecular flexibility index (Phi) is 2.16. The molecular weight excluding hydrogens is 144 g/mol. The van der Waals surface area contributed by atoms with E-state index in [1.54, 1.807) is 0 Å². The SMILES string of the molecule is [C]1SCCN2CCNCC12. The number of hydrogen-bond acceptors (Lipinski definition) is 3. The van der Waals surface area contributed by atoms with Crippen molar-refractivity contribution in [3.05, 3.63) is 5.75 Å². The molecule has 2 rings (SSSR count). The zero-order valence-electron chi connectivity index (χ0n) is 5.97. The van der Waals surface area contributed by atoms with Crippen molar-refractivity contribution in [2.45, 2.75) is 6.04 Å². The second-order valence-electron chi connectivity index (χ2n) is 2.72. The van der Waals surface area contributed by atoms with E-state index in [2.05, 4.69) is 16.0 Å². The van der Waals surface area contributed by atoms with Gasteiger partial charge in [0, 0.05) is 38.0 Å². The molecule has 10 heavy (non-hydrogen) atoms. The van der Waals surface area contributed by atoms with Crippen LogP contribution in [0, 0.1) is 5.75 Å². The van der Waals surface area contributed by atoms with Crippen molar-refractivity contribution in [3.8, 4) is 0 Å². The van der Waals surface area contributed by atoms with Crippen molar-refractivity contribution >= 4 is 11.8 Å². The zero-order chi connectivity index (χ0) is 6.81. The Bertz CT molecular complexity index is 92.2. The fraction of sp³-hybridized carbons (Fsp3) is 0.857. The first-order valence-electron chi connectivity index (χ1n) is 3.79. The Balaban J connectivity index is 1.93. The third-order valence-corrected chi connectivity index (χ3v) is 2.88. The topological polar surface area (TPSA) is 15.3 Å². The lowest BCUT2D eigenvalue weighted by Gasteiger charge is -2.38. The summed E-state index contributed by atoms with van der Waals surface area (Å²) in [6.07, 6.45) is 0. The van der Waals surface area contributed by atoms with Crippen LogP contribution in [0.1, 0.15) is 0 Å². The van der Waals surface area contributed by atoms with Crippen molar-refractivity contribution in [2.75, 3.05) is 31.9 Å². The van der Waals surface area contributed by atoms with Crippen molar-refractivity contribution in [1.29, 1.82) is 0 Å². The van der Waals surface area contributed by atoms with Crippen LogP contribution in [-0.4, -0.2) is 42.9 Å². The highest BCUT2D eigenvalue weighted by atomic mass is 32.2. The van der Waals surface area contributed by atoms with Gasteiger partial charge < -0.3 is 5.32 Å². The van der Waals surface area contributed by atoms with Gasteiger partial charge in [-0.2, -0.15) is 0 Å². The molecule has 1 atom stereocenters. The van der Waals surface area contributed by atoms with E-state index in [1.165, 1.54) is 18.8 Å². The summed E-state index contributed by atoms with van der Waals surface area (Å²) in [5.74, 6) is 4.63. The largest absolute Gasteiger partial charge is 0.314 e. The number of hydrogen-bond donors (Lipinski definition) is 1. The Morgan fingerprint density at radius 2 is 2.50 bits per heavy atom. The van der Waals surface area contributed by atoms with Crippen LogP contribution in [0.5, 0.6) is 0 Å². The zero-order valence-corrected chi connectivity index (χ0v) is 6.78. The molecule has 2 radical (unpaired) electrons. The third kappa shape index (κ3) is 1.31. The molecule has 56 valence electrons. The van der Waals surface area contributed by atoms with Crippen LogP contribution < -0.4 is 5.32 Å². The summed E-state index contributed by atoms with van der Waals surface area (Å²) in [4.78, 5) is 2.51. The van der Waals surface area contributed by atoms with Crippen LogP contribution >= 0.6 is 11.8 Å². The number of thioether (sulfide) groups is 1. The van der Waals surface area contributed by atoms with Crippen molar-refractivity contribution in [1.82, 2.24) is 10.2 Å². The lowest BCUT2D eigenvalue weighted by atomic mass is 10.2. The minimum absolute atomic E-state index is 0.590. The highest BCUT2D eigenvalue weighted by Crippen LogP contribution is 2.21. The molecular formula is C7H12N2S. The monoisotopic (exact) mass is 156 g/mol. The summed E-state index contributed by atoms with van der Waals surface area (Å²) in [6.45, 7) is 4.72. The molecule has 0 aromatic heterocycles. The maximum atomic E-state index is 3.40. The first-order valence-corrected chi connectivity index (χ1v) is 4.77. The molecule has 0 spiro atoms. The average molecular weight is 156 g/mol. The summed E-state index contributed by atoms with van der Waals surface area (Å²) in [5, 5.41) is 3.37. The van der Waals surface area contributed by atoms with Gasteiger partial charge in [0.15, 0.2) is 0 Å². The summed E-state index contributed by atoms with van der Waals surface area (Å²) in [6, 6.07) is 0.590. The molecule has 3 heteroatoms. The average Bonchev–Trinajstić information content (AvgIpc) is 2.05. The molecule has 1 unspecified atom stereocenters. The number of nitrogens with zero attached hydrogens (tertiary/aromatic N) is 1. The van der Waals surface area contributed by atoms with Gasteiger partial charge in [0.1, 0.15) is 0 Å². The predicted octanol–water partition coefficient (Wildman–Crippen LogP) is 0.0458. The van der Waals surface area contributed by atoms with Gasteiger partial charge in [-0.3, -0.25) is 4.90 Å². The summed E-state index contributed by atoms with van der Waals surface area (Å²) < 4.78 is 0. The molecule has 0 amide bonds. The van der Waals surface area contributed by atoms with E-state index in [9.17, 15) is 0 Å². The van der Waals surface area contributed by atoms with E-state index in [0.29, 0.717) is 6.04 Å². The molecule has 0 aliphatic carbocycles. The number of nitrogens with one attached hydrogen (secondary N) is 1. The lowest BCUT2D eigenvalue weighted by molar-refractivity contribution is 0.195. The van der Waals surface area contributed by atoms with Gasteiger partial charge in [-0.1, -0.05) is 0 Å². The standard InChI is InChI=1S/C7H12N2S/c1-2-9-3-4-10-6-7(9)5-8-1/h7-8H,1-5H2. The van der Waals surface area contributed by atoms with Crippen molar-refractivity contribution in [3.63, 3.8) is 0 Å². The molecule has 2 fully saturated rings. The third-order valence-electron chi connectivity index (χ3n) is 2.05. The minimum Gasteiger partial charge on any atom is -0.314 e. The van der Waals surface area contributed by atoms with Crippen LogP contribution in [0.4, 0.5) is 0 Å². The Morgan fingerprint density at radius 1 is 1.50 bits per heavy atom. The van der Waals surface area contributed by atoms with Crippen LogP contribution in [-0.2, 0) is 0 Å². The normalized spacial score (nSPS) is 35.4. The van der Waals surface area contributed by atoms with Crippen LogP contribution in [0.2, 0.25) is 0 Å². The quantitative estimate of drug-likeness (QED) is 0.533. The molecule has 0 aromatic carbocycles. The van der Waals surface area contributed by atoms with E-state index >= 15 is 0 Å². The van der Waals surface area contributed by atoms with E-state index in [0.717, 1.165) is 13.1 Å². The molecule has 2 saturated heterocycles. The van der Waals surface area contributed by atoms with E-state index in [4.69, 9.17) is 0 Å². The smallest absolute Gasteiger partial charge is 0.0681 e. The fourth-order valence-electron chi connectivity index (χ4n) is 1.45. The van der Waals surface area contributed by atoms with Gasteiger partial charge in [-0.05, 0) is 0 Å². The maximum absolute atomic E-state index is 3.40. The Morgan fingerprint density at radius 3 is 3.40 bits per heavy atom. The fourth-order valence-corrected chi connectivity index (χ4v) is 2.32. The molecule has 0 saturated carbocycles. The Labute approximate surface area is 66.4 Å². The molecule has 2 aliphatic heterocycles. The van der Waals surface area contributed by atoms with Crippen molar-refractivity contribution in [2.24, 2.45) is 0 Å². The summed E-state index contributed by atoms with van der Waals surface area (Å²) in [7, 11) is 0. The van der Waals surface area contributed by atoms with Gasteiger partial charge in [0.25, 0.3) is 0 Å². The van der Waals surface area contributed by atoms with Gasteiger partial charge >= 0.3 is 0 Å². The van der Waals surface area contributed by atoms with E-state index in [1.807, 2.05) is 11.8 Å². The van der Waals surface area contributed by atoms with Crippen LogP contribution in [0.15, 0.2) is 0 Å². The molecule has 0 bridgehead atoms. The number of piperazine rings is 1.